The molecule has 3 unspecified atom stereocenters. The highest BCUT2D eigenvalue weighted by Gasteiger charge is 2.38. The molecule has 210 valence electrons. The Morgan fingerprint density at radius 1 is 1.18 bits per heavy atom. The fraction of sp³-hybridized carbons (Fsp3) is 0.345. The Morgan fingerprint density at radius 2 is 1.95 bits per heavy atom. The first-order valence-corrected chi connectivity index (χ1v) is 13.9. The van der Waals surface area contributed by atoms with Gasteiger partial charge in [0.2, 0.25) is 6.41 Å². The molecule has 2 aromatic heterocycles. The van der Waals surface area contributed by atoms with E-state index in [9.17, 15) is 14.4 Å². The number of carbonyl (C=O) groups excluding carboxylic acids is 2. The molecule has 1 aliphatic carbocycles. The number of benzene rings is 2. The minimum atomic E-state index is -0.198. The molecule has 0 bridgehead atoms. The number of pyridine rings is 1. The zero-order chi connectivity index (χ0) is 28.5. The molecule has 4 aromatic rings. The number of ether oxygens (including phenoxy) is 2. The number of hydrogen-bond donors (Lipinski definition) is 3. The molecule has 10 nitrogen and oxygen atoms in total. The largest absolute Gasteiger partial charge is 0.489 e. The van der Waals surface area contributed by atoms with Crippen LogP contribution in [0.15, 0.2) is 59.4 Å². The highest BCUT2D eigenvalue weighted by molar-refractivity contribution is 7.08. The highest BCUT2D eigenvalue weighted by atomic mass is 32.1. The predicted octanol–water partition coefficient (Wildman–Crippen LogP) is 3.71. The van der Waals surface area contributed by atoms with Crippen molar-refractivity contribution >= 4 is 34.6 Å². The molecule has 11 heteroatoms. The van der Waals surface area contributed by atoms with Crippen molar-refractivity contribution in [3.8, 4) is 5.75 Å². The number of nitrogens with one attached hydrogen (secondary N) is 3. The number of aromatic amines is 1. The van der Waals surface area contributed by atoms with Gasteiger partial charge in [-0.1, -0.05) is 29.5 Å². The number of aryl methyl sites for hydroxylation is 1. The topological polar surface area (TPSA) is 135 Å². The first kappa shape index (κ1) is 28.9. The molecule has 5 rings (SSSR count). The number of H-pyrrole nitrogens is 1. The van der Waals surface area contributed by atoms with E-state index in [-0.39, 0.29) is 28.8 Å². The Bertz CT molecular complexity index is 1490. The maximum atomic E-state index is 13.0. The fourth-order valence-corrected chi connectivity index (χ4v) is 5.51. The zero-order valence-electron chi connectivity index (χ0n) is 22.7. The lowest BCUT2D eigenvalue weighted by Gasteiger charge is -2.18. The molecular weight excluding hydrogens is 530 g/mol. The summed E-state index contributed by atoms with van der Waals surface area (Å²) >= 11 is 1.08. The van der Waals surface area contributed by atoms with Gasteiger partial charge in [0.05, 0.1) is 11.6 Å². The minimum Gasteiger partial charge on any atom is -0.489 e. The van der Waals surface area contributed by atoms with Gasteiger partial charge >= 0.3 is 4.87 Å². The van der Waals surface area contributed by atoms with Crippen LogP contribution in [0.4, 0.5) is 0 Å². The third-order valence-electron chi connectivity index (χ3n) is 6.67. The maximum Gasteiger partial charge on any atom is 0.322 e. The summed E-state index contributed by atoms with van der Waals surface area (Å²) in [5, 5.41) is 13.9. The molecule has 2 amide bonds. The molecule has 1 aliphatic rings. The van der Waals surface area contributed by atoms with Gasteiger partial charge in [0, 0.05) is 47.8 Å². The van der Waals surface area contributed by atoms with Gasteiger partial charge in [-0.3, -0.25) is 19.4 Å². The van der Waals surface area contributed by atoms with E-state index in [2.05, 4.69) is 25.8 Å². The number of methoxy groups -OCH3 is 1. The number of nitrogens with zero attached hydrogens (tertiary/aromatic N) is 2. The number of para-hydroxylation sites is 1. The average molecular weight is 564 g/mol. The minimum absolute atomic E-state index is 0.00739. The molecule has 40 heavy (non-hydrogen) atoms. The van der Waals surface area contributed by atoms with E-state index in [1.807, 2.05) is 44.2 Å². The van der Waals surface area contributed by atoms with Gasteiger partial charge in [-0.2, -0.15) is 5.10 Å². The number of fused-ring (bicyclic) bond motifs is 1. The first-order valence-electron chi connectivity index (χ1n) is 13.1. The molecule has 1 saturated carbocycles. The smallest absolute Gasteiger partial charge is 0.322 e. The van der Waals surface area contributed by atoms with Gasteiger partial charge in [0.1, 0.15) is 17.4 Å². The number of carbonyl (C=O) groups is 2. The van der Waals surface area contributed by atoms with Crippen LogP contribution in [0.5, 0.6) is 5.75 Å². The molecule has 0 spiro atoms. The van der Waals surface area contributed by atoms with Crippen molar-refractivity contribution in [2.75, 3.05) is 13.7 Å². The second-order valence-corrected chi connectivity index (χ2v) is 10.4. The monoisotopic (exact) mass is 563 g/mol. The summed E-state index contributed by atoms with van der Waals surface area (Å²) in [6, 6.07) is 17.0. The van der Waals surface area contributed by atoms with Gasteiger partial charge in [0.15, 0.2) is 0 Å². The third-order valence-corrected chi connectivity index (χ3v) is 7.55. The second kappa shape index (κ2) is 13.8. The second-order valence-electron chi connectivity index (χ2n) is 9.40. The van der Waals surface area contributed by atoms with Gasteiger partial charge in [-0.15, -0.1) is 0 Å². The Labute approximate surface area is 236 Å². The molecule has 0 aliphatic heterocycles. The lowest BCUT2D eigenvalue weighted by Crippen LogP contribution is -2.36. The summed E-state index contributed by atoms with van der Waals surface area (Å²) in [7, 11) is 1.66. The SMILES string of the molecule is CCNC=O.COC1CC(NC(=O)c2ccc(OCc3cc(C)nc4ccccc34)cc2)C(c2n[nH]c(=O)s2)C1. The molecule has 0 radical (unpaired) electrons. The van der Waals surface area contributed by atoms with Crippen LogP contribution in [0.2, 0.25) is 0 Å². The summed E-state index contributed by atoms with van der Waals surface area (Å²) in [6.45, 7) is 4.97. The molecule has 3 N–H and O–H groups in total. The number of aromatic nitrogens is 3. The van der Waals surface area contributed by atoms with Crippen molar-refractivity contribution < 1.29 is 19.1 Å². The standard InChI is InChI=1S/C26H26N4O4S.C3H7NO/c1-15-11-17(20-5-3-4-6-22(20)27-15)14-34-18-9-7-16(8-10-18)24(31)28-23-13-19(33-2)12-21(23)25-29-30-26(32)35-25;1-2-4-3-5/h3-11,19,21,23H,12-14H2,1-2H3,(H,28,31)(H,30,32);3H,2H2,1H3,(H,4,5). The molecular formula is C29H33N5O5S. The van der Waals surface area contributed by atoms with Crippen LogP contribution in [0, 0.1) is 6.92 Å². The Morgan fingerprint density at radius 3 is 2.60 bits per heavy atom. The Hall–Kier alpha value is -4.09. The molecule has 2 aromatic carbocycles. The fourth-order valence-electron chi connectivity index (χ4n) is 4.73. The quantitative estimate of drug-likeness (QED) is 0.264. The van der Waals surface area contributed by atoms with Crippen LogP contribution >= 0.6 is 11.3 Å². The van der Waals surface area contributed by atoms with Crippen molar-refractivity contribution in [2.45, 2.75) is 51.4 Å². The molecule has 1 fully saturated rings. The van der Waals surface area contributed by atoms with Crippen molar-refractivity contribution in [1.29, 1.82) is 0 Å². The van der Waals surface area contributed by atoms with E-state index in [0.29, 0.717) is 42.2 Å². The van der Waals surface area contributed by atoms with Gasteiger partial charge in [-0.25, -0.2) is 5.10 Å². The van der Waals surface area contributed by atoms with Crippen LogP contribution in [-0.2, 0) is 16.1 Å². The van der Waals surface area contributed by atoms with E-state index in [1.54, 1.807) is 31.4 Å². The number of amides is 2. The predicted molar refractivity (Wildman–Crippen MR) is 154 cm³/mol. The summed E-state index contributed by atoms with van der Waals surface area (Å²) < 4.78 is 11.5. The Kier molecular flexibility index (Phi) is 9.98. The van der Waals surface area contributed by atoms with Gasteiger partial charge in [0.25, 0.3) is 5.91 Å². The normalized spacial score (nSPS) is 18.0. The number of hydrogen-bond acceptors (Lipinski definition) is 8. The van der Waals surface area contributed by atoms with Crippen molar-refractivity contribution in [3.63, 3.8) is 0 Å². The zero-order valence-corrected chi connectivity index (χ0v) is 23.5. The van der Waals surface area contributed by atoms with Crippen LogP contribution < -0.4 is 20.2 Å². The summed E-state index contributed by atoms with van der Waals surface area (Å²) in [6.07, 6.45) is 2.06. The molecule has 0 saturated heterocycles. The van der Waals surface area contributed by atoms with E-state index in [4.69, 9.17) is 9.47 Å². The lowest BCUT2D eigenvalue weighted by atomic mass is 10.0. The molecule has 2 heterocycles. The van der Waals surface area contributed by atoms with E-state index >= 15 is 0 Å². The number of rotatable bonds is 9. The third kappa shape index (κ3) is 7.30. The van der Waals surface area contributed by atoms with Crippen molar-refractivity contribution in [2.24, 2.45) is 0 Å². The maximum absolute atomic E-state index is 13.0. The van der Waals surface area contributed by atoms with Crippen molar-refractivity contribution in [1.82, 2.24) is 25.8 Å². The summed E-state index contributed by atoms with van der Waals surface area (Å²) in [4.78, 5) is 38.2. The van der Waals surface area contributed by atoms with E-state index in [0.717, 1.165) is 40.0 Å². The van der Waals surface area contributed by atoms with Crippen LogP contribution in [0.1, 0.15) is 52.3 Å². The van der Waals surface area contributed by atoms with E-state index in [1.165, 1.54) is 0 Å². The highest BCUT2D eigenvalue weighted by Crippen LogP contribution is 2.36. The summed E-state index contributed by atoms with van der Waals surface area (Å²) in [5.74, 6) is 0.440. The van der Waals surface area contributed by atoms with Crippen LogP contribution in [0.3, 0.4) is 0 Å². The van der Waals surface area contributed by atoms with E-state index < -0.39 is 0 Å². The average Bonchev–Trinajstić information content (AvgIpc) is 3.58. The molecule has 3 atom stereocenters. The lowest BCUT2D eigenvalue weighted by molar-refractivity contribution is -0.109. The first-order chi connectivity index (χ1) is 19.4. The summed E-state index contributed by atoms with van der Waals surface area (Å²) in [5.41, 5.74) is 3.49. The van der Waals surface area contributed by atoms with Gasteiger partial charge in [-0.05, 0) is 63.1 Å². The van der Waals surface area contributed by atoms with Gasteiger partial charge < -0.3 is 20.1 Å². The van der Waals surface area contributed by atoms with Crippen LogP contribution in [0.25, 0.3) is 10.9 Å². The van der Waals surface area contributed by atoms with Crippen LogP contribution in [-0.4, -0.2) is 53.3 Å². The Balaban J connectivity index is 0.000000681. The van der Waals surface area contributed by atoms with Crippen molar-refractivity contribution in [3.05, 3.63) is 86.1 Å².